The van der Waals surface area contributed by atoms with Gasteiger partial charge in [-0.05, 0) is 6.07 Å². The van der Waals surface area contributed by atoms with E-state index in [1.807, 2.05) is 5.32 Å². The predicted molar refractivity (Wildman–Crippen MR) is 64.1 cm³/mol. The highest BCUT2D eigenvalue weighted by Gasteiger charge is 2.48. The van der Waals surface area contributed by atoms with Crippen molar-refractivity contribution in [2.45, 2.75) is 12.0 Å². The van der Waals surface area contributed by atoms with Gasteiger partial charge in [-0.2, -0.15) is 0 Å². The quantitative estimate of drug-likeness (QED) is 0.878. The van der Waals surface area contributed by atoms with Crippen LogP contribution in [0, 0.1) is 0 Å². The molecule has 2 rings (SSSR count). The number of alkyl carbamates (subject to hydrolysis) is 1. The van der Waals surface area contributed by atoms with Crippen molar-refractivity contribution in [2.75, 3.05) is 13.7 Å². The molecule has 1 amide bonds. The lowest BCUT2D eigenvalue weighted by atomic mass is 9.99. The third-order valence-electron chi connectivity index (χ3n) is 2.64. The molecule has 1 aliphatic heterocycles. The summed E-state index contributed by atoms with van der Waals surface area (Å²) < 4.78 is 36.4. The number of aromatic hydroxyl groups is 1. The van der Waals surface area contributed by atoms with Crippen LogP contribution >= 0.6 is 12.4 Å². The van der Waals surface area contributed by atoms with Crippen LogP contribution in [0.4, 0.5) is 13.6 Å². The lowest BCUT2D eigenvalue weighted by Crippen LogP contribution is -2.49. The molecule has 0 unspecified atom stereocenters. The highest BCUT2D eigenvalue weighted by Crippen LogP contribution is 2.41. The van der Waals surface area contributed by atoms with Crippen molar-refractivity contribution < 1.29 is 28.2 Å². The molecule has 2 N–H and O–H groups in total. The van der Waals surface area contributed by atoms with Crippen LogP contribution in [0.2, 0.25) is 0 Å². The van der Waals surface area contributed by atoms with E-state index in [9.17, 15) is 18.7 Å². The molecule has 0 aliphatic carbocycles. The fourth-order valence-electron chi connectivity index (χ4n) is 1.75. The van der Waals surface area contributed by atoms with E-state index in [0.29, 0.717) is 0 Å². The average Bonchev–Trinajstić information content (AvgIpc) is 2.33. The molecule has 0 saturated carbocycles. The van der Waals surface area contributed by atoms with Gasteiger partial charge in [-0.3, -0.25) is 0 Å². The Morgan fingerprint density at radius 3 is 2.84 bits per heavy atom. The van der Waals surface area contributed by atoms with Gasteiger partial charge < -0.3 is 19.9 Å². The second-order valence-electron chi connectivity index (χ2n) is 3.81. The predicted octanol–water partition coefficient (Wildman–Crippen LogP) is 2.24. The average molecular weight is 296 g/mol. The Labute approximate surface area is 113 Å². The Morgan fingerprint density at radius 1 is 1.53 bits per heavy atom. The van der Waals surface area contributed by atoms with Crippen molar-refractivity contribution in [3.63, 3.8) is 0 Å². The zero-order chi connectivity index (χ0) is 13.3. The summed E-state index contributed by atoms with van der Waals surface area (Å²) >= 11 is 0. The highest BCUT2D eigenvalue weighted by molar-refractivity contribution is 5.85. The smallest absolute Gasteiger partial charge is 0.408 e. The number of carbonyl (C=O) groups excluding carboxylic acids is 1. The van der Waals surface area contributed by atoms with Crippen LogP contribution < -0.4 is 10.1 Å². The molecule has 0 aromatic heterocycles. The van der Waals surface area contributed by atoms with Gasteiger partial charge in [-0.15, -0.1) is 12.4 Å². The SMILES string of the molecule is COc1cccc([C@H]2NC(=O)OCC2(F)F)c1O.Cl. The maximum Gasteiger partial charge on any atom is 0.408 e. The van der Waals surface area contributed by atoms with E-state index in [2.05, 4.69) is 4.74 Å². The number of para-hydroxylation sites is 1. The van der Waals surface area contributed by atoms with E-state index in [1.165, 1.54) is 25.3 Å². The molecular weight excluding hydrogens is 284 g/mol. The topological polar surface area (TPSA) is 67.8 Å². The molecule has 0 spiro atoms. The molecule has 5 nitrogen and oxygen atoms in total. The van der Waals surface area contributed by atoms with Crippen molar-refractivity contribution in [1.29, 1.82) is 0 Å². The van der Waals surface area contributed by atoms with Crippen LogP contribution in [0.5, 0.6) is 11.5 Å². The first kappa shape index (κ1) is 15.3. The zero-order valence-corrected chi connectivity index (χ0v) is 10.7. The lowest BCUT2D eigenvalue weighted by Gasteiger charge is -2.32. The van der Waals surface area contributed by atoms with Crippen molar-refractivity contribution in [3.8, 4) is 11.5 Å². The molecular formula is C11H12ClF2NO4. The number of benzene rings is 1. The van der Waals surface area contributed by atoms with E-state index < -0.39 is 30.4 Å². The number of methoxy groups -OCH3 is 1. The number of phenolic OH excluding ortho intramolecular Hbond substituents is 1. The van der Waals surface area contributed by atoms with Crippen molar-refractivity contribution >= 4 is 18.5 Å². The van der Waals surface area contributed by atoms with E-state index in [-0.39, 0.29) is 23.7 Å². The van der Waals surface area contributed by atoms with Gasteiger partial charge in [0.15, 0.2) is 18.1 Å². The standard InChI is InChI=1S/C11H11F2NO4.ClH/c1-17-7-4-2-3-6(8(7)15)9-11(12,13)5-18-10(16)14-9;/h2-4,9,15H,5H2,1H3,(H,14,16);1H/t9-;/m1./s1. The summed E-state index contributed by atoms with van der Waals surface area (Å²) in [4.78, 5) is 11.0. The van der Waals surface area contributed by atoms with Gasteiger partial charge in [0.2, 0.25) is 0 Å². The Hall–Kier alpha value is -1.76. The van der Waals surface area contributed by atoms with Gasteiger partial charge in [0.05, 0.1) is 7.11 Å². The Kier molecular flexibility index (Phi) is 4.41. The number of carbonyl (C=O) groups is 1. The molecule has 0 bridgehead atoms. The summed E-state index contributed by atoms with van der Waals surface area (Å²) in [6.45, 7) is -1.03. The van der Waals surface area contributed by atoms with Crippen LogP contribution in [-0.4, -0.2) is 30.8 Å². The third-order valence-corrected chi connectivity index (χ3v) is 2.64. The van der Waals surface area contributed by atoms with Gasteiger partial charge >= 0.3 is 12.0 Å². The maximum absolute atomic E-state index is 13.7. The minimum atomic E-state index is -3.31. The number of amides is 1. The van der Waals surface area contributed by atoms with Gasteiger partial charge in [-0.1, -0.05) is 12.1 Å². The molecule has 8 heteroatoms. The fourth-order valence-corrected chi connectivity index (χ4v) is 1.75. The molecule has 19 heavy (non-hydrogen) atoms. The molecule has 1 aromatic rings. The summed E-state index contributed by atoms with van der Waals surface area (Å²) in [6, 6.07) is 2.53. The number of alkyl halides is 2. The molecule has 0 radical (unpaired) electrons. The molecule has 106 valence electrons. The van der Waals surface area contributed by atoms with E-state index in [4.69, 9.17) is 4.74 Å². The minimum Gasteiger partial charge on any atom is -0.504 e. The molecule has 1 atom stereocenters. The number of ether oxygens (including phenoxy) is 2. The van der Waals surface area contributed by atoms with E-state index in [1.54, 1.807) is 0 Å². The normalized spacial score (nSPS) is 20.8. The molecule has 1 aromatic carbocycles. The first-order valence-corrected chi connectivity index (χ1v) is 5.12. The summed E-state index contributed by atoms with van der Waals surface area (Å²) in [5.41, 5.74) is -0.115. The molecule has 1 heterocycles. The number of phenols is 1. The monoisotopic (exact) mass is 295 g/mol. The zero-order valence-electron chi connectivity index (χ0n) is 9.85. The summed E-state index contributed by atoms with van der Waals surface area (Å²) in [7, 11) is 1.31. The van der Waals surface area contributed by atoms with Crippen LogP contribution in [0.15, 0.2) is 18.2 Å². The summed E-state index contributed by atoms with van der Waals surface area (Å²) in [6.07, 6.45) is -0.951. The minimum absolute atomic E-state index is 0. The second-order valence-corrected chi connectivity index (χ2v) is 3.81. The number of rotatable bonds is 2. The van der Waals surface area contributed by atoms with Gasteiger partial charge in [0.25, 0.3) is 0 Å². The van der Waals surface area contributed by atoms with Crippen LogP contribution in [0.25, 0.3) is 0 Å². The van der Waals surface area contributed by atoms with Gasteiger partial charge in [0.1, 0.15) is 6.04 Å². The number of hydrogen-bond donors (Lipinski definition) is 2. The highest BCUT2D eigenvalue weighted by atomic mass is 35.5. The number of hydrogen-bond acceptors (Lipinski definition) is 4. The van der Waals surface area contributed by atoms with Gasteiger partial charge in [-0.25, -0.2) is 13.6 Å². The molecule has 1 aliphatic rings. The third kappa shape index (κ3) is 2.81. The number of nitrogens with one attached hydrogen (secondary N) is 1. The Morgan fingerprint density at radius 2 is 2.21 bits per heavy atom. The molecule has 1 fully saturated rings. The Balaban J connectivity index is 0.00000180. The lowest BCUT2D eigenvalue weighted by molar-refractivity contribution is -0.104. The number of halogens is 3. The first-order chi connectivity index (χ1) is 8.45. The summed E-state index contributed by atoms with van der Waals surface area (Å²) in [5, 5.41) is 11.8. The second kappa shape index (κ2) is 5.48. The fraction of sp³-hybridized carbons (Fsp3) is 0.364. The van der Waals surface area contributed by atoms with E-state index >= 15 is 0 Å². The maximum atomic E-state index is 13.7. The largest absolute Gasteiger partial charge is 0.504 e. The number of cyclic esters (lactones) is 1. The van der Waals surface area contributed by atoms with Crippen LogP contribution in [-0.2, 0) is 4.74 Å². The van der Waals surface area contributed by atoms with Crippen molar-refractivity contribution in [3.05, 3.63) is 23.8 Å². The van der Waals surface area contributed by atoms with Crippen molar-refractivity contribution in [2.24, 2.45) is 0 Å². The first-order valence-electron chi connectivity index (χ1n) is 5.12. The van der Waals surface area contributed by atoms with Crippen molar-refractivity contribution in [1.82, 2.24) is 5.32 Å². The van der Waals surface area contributed by atoms with E-state index in [0.717, 1.165) is 0 Å². The summed E-state index contributed by atoms with van der Waals surface area (Å²) in [5.74, 6) is -3.67. The molecule has 1 saturated heterocycles. The van der Waals surface area contributed by atoms with Crippen LogP contribution in [0.1, 0.15) is 11.6 Å². The van der Waals surface area contributed by atoms with Crippen LogP contribution in [0.3, 0.4) is 0 Å². The van der Waals surface area contributed by atoms with Gasteiger partial charge in [0, 0.05) is 5.56 Å². The Bertz CT molecular complexity index is 484.